The molecular weight excluding hydrogens is 306 g/mol. The van der Waals surface area contributed by atoms with E-state index in [-0.39, 0.29) is 30.1 Å². The van der Waals surface area contributed by atoms with Crippen LogP contribution in [0.4, 0.5) is 0 Å². The van der Waals surface area contributed by atoms with Crippen LogP contribution in [0.1, 0.15) is 43.0 Å². The second-order valence-electron chi connectivity index (χ2n) is 6.10. The van der Waals surface area contributed by atoms with E-state index < -0.39 is 6.04 Å². The van der Waals surface area contributed by atoms with E-state index in [0.717, 1.165) is 0 Å². The molecule has 0 bridgehead atoms. The van der Waals surface area contributed by atoms with Gasteiger partial charge < -0.3 is 16.0 Å². The van der Waals surface area contributed by atoms with Gasteiger partial charge in [-0.1, -0.05) is 30.3 Å². The maximum absolute atomic E-state index is 12.4. The number of nitrogens with one attached hydrogen (secondary N) is 1. The third-order valence-corrected chi connectivity index (χ3v) is 4.20. The number of hydrogen-bond acceptors (Lipinski definition) is 4. The van der Waals surface area contributed by atoms with Crippen molar-refractivity contribution in [2.75, 3.05) is 13.1 Å². The number of nitrogens with zero attached hydrogens (tertiary/aromatic N) is 1. The van der Waals surface area contributed by atoms with Crippen LogP contribution in [0.15, 0.2) is 30.3 Å². The van der Waals surface area contributed by atoms with Crippen LogP contribution >= 0.6 is 0 Å². The van der Waals surface area contributed by atoms with Gasteiger partial charge in [0.05, 0.1) is 0 Å². The van der Waals surface area contributed by atoms with Gasteiger partial charge in [0.25, 0.3) is 0 Å². The molecule has 1 aromatic carbocycles. The quantitative estimate of drug-likeness (QED) is 0.732. The molecule has 0 radical (unpaired) electrons. The normalized spacial score (nSPS) is 20.0. The van der Waals surface area contributed by atoms with Gasteiger partial charge in [0.1, 0.15) is 6.04 Å². The number of carbonyl (C=O) groups is 3. The molecule has 0 unspecified atom stereocenters. The maximum atomic E-state index is 12.4. The van der Waals surface area contributed by atoms with E-state index in [9.17, 15) is 14.4 Å². The van der Waals surface area contributed by atoms with E-state index in [1.165, 1.54) is 0 Å². The molecule has 2 amide bonds. The summed E-state index contributed by atoms with van der Waals surface area (Å²) in [6, 6.07) is 8.38. The standard InChI is InChI=1S/C18H25N3O3/c1-2-20-18(24)15-11-14(19)12-21(15)17(23)10-6-9-16(22)13-7-4-3-5-8-13/h3-5,7-8,14-15H,2,6,9-12,19H2,1H3,(H,20,24)/t14-,15-/m0/s1. The Labute approximate surface area is 142 Å². The van der Waals surface area contributed by atoms with E-state index in [1.54, 1.807) is 17.0 Å². The van der Waals surface area contributed by atoms with Crippen LogP contribution in [0, 0.1) is 0 Å². The van der Waals surface area contributed by atoms with Crippen molar-refractivity contribution in [3.05, 3.63) is 35.9 Å². The summed E-state index contributed by atoms with van der Waals surface area (Å²) < 4.78 is 0. The number of carbonyl (C=O) groups excluding carboxylic acids is 3. The second kappa shape index (κ2) is 8.59. The molecule has 1 heterocycles. The average molecular weight is 331 g/mol. The molecule has 0 aromatic heterocycles. The smallest absolute Gasteiger partial charge is 0.242 e. The lowest BCUT2D eigenvalue weighted by Gasteiger charge is -2.23. The maximum Gasteiger partial charge on any atom is 0.242 e. The second-order valence-corrected chi connectivity index (χ2v) is 6.10. The number of Topliss-reactive ketones (excluding diaryl/α,β-unsaturated/α-hetero) is 1. The van der Waals surface area contributed by atoms with Gasteiger partial charge in [-0.2, -0.15) is 0 Å². The number of likely N-dealkylation sites (tertiary alicyclic amines) is 1. The van der Waals surface area contributed by atoms with Gasteiger partial charge in [-0.05, 0) is 19.8 Å². The largest absolute Gasteiger partial charge is 0.355 e. The summed E-state index contributed by atoms with van der Waals surface area (Å²) in [6.07, 6.45) is 1.53. The minimum Gasteiger partial charge on any atom is -0.355 e. The number of rotatable bonds is 7. The minimum atomic E-state index is -0.489. The third kappa shape index (κ3) is 4.64. The molecule has 2 rings (SSSR count). The SMILES string of the molecule is CCNC(=O)[C@@H]1C[C@H](N)CN1C(=O)CCCC(=O)c1ccccc1. The third-order valence-electron chi connectivity index (χ3n) is 4.20. The van der Waals surface area contributed by atoms with Crippen molar-refractivity contribution in [1.82, 2.24) is 10.2 Å². The first kappa shape index (κ1) is 18.1. The zero-order valence-corrected chi connectivity index (χ0v) is 14.0. The summed E-state index contributed by atoms with van der Waals surface area (Å²) in [5, 5.41) is 2.75. The molecule has 24 heavy (non-hydrogen) atoms. The number of ketones is 1. The lowest BCUT2D eigenvalue weighted by molar-refractivity contribution is -0.138. The molecule has 0 aliphatic carbocycles. The zero-order chi connectivity index (χ0) is 17.5. The fraction of sp³-hybridized carbons (Fsp3) is 0.500. The summed E-state index contributed by atoms with van der Waals surface area (Å²) in [7, 11) is 0. The fourth-order valence-electron chi connectivity index (χ4n) is 3.00. The van der Waals surface area contributed by atoms with Gasteiger partial charge in [0.15, 0.2) is 5.78 Å². The van der Waals surface area contributed by atoms with Crippen LogP contribution in [0.5, 0.6) is 0 Å². The van der Waals surface area contributed by atoms with Gasteiger partial charge in [-0.3, -0.25) is 14.4 Å². The first-order valence-electron chi connectivity index (χ1n) is 8.44. The molecule has 3 N–H and O–H groups in total. The molecule has 1 aromatic rings. The predicted octanol–water partition coefficient (Wildman–Crippen LogP) is 1.10. The number of benzene rings is 1. The molecule has 2 atom stereocenters. The molecule has 0 spiro atoms. The summed E-state index contributed by atoms with van der Waals surface area (Å²) in [5.41, 5.74) is 6.57. The molecule has 1 fully saturated rings. The monoisotopic (exact) mass is 331 g/mol. The molecular formula is C18H25N3O3. The molecule has 1 saturated heterocycles. The van der Waals surface area contributed by atoms with Gasteiger partial charge >= 0.3 is 0 Å². The Balaban J connectivity index is 1.85. The van der Waals surface area contributed by atoms with E-state index in [0.29, 0.717) is 37.9 Å². The number of amides is 2. The van der Waals surface area contributed by atoms with Crippen molar-refractivity contribution in [3.63, 3.8) is 0 Å². The van der Waals surface area contributed by atoms with Crippen LogP contribution in [0.3, 0.4) is 0 Å². The first-order valence-corrected chi connectivity index (χ1v) is 8.44. The van der Waals surface area contributed by atoms with Gasteiger partial charge in [0, 0.05) is 37.5 Å². The summed E-state index contributed by atoms with van der Waals surface area (Å²) in [4.78, 5) is 38.1. The molecule has 0 saturated carbocycles. The van der Waals surface area contributed by atoms with Crippen molar-refractivity contribution >= 4 is 17.6 Å². The molecule has 130 valence electrons. The van der Waals surface area contributed by atoms with Crippen LogP contribution < -0.4 is 11.1 Å². The number of hydrogen-bond donors (Lipinski definition) is 2. The summed E-state index contributed by atoms with van der Waals surface area (Å²) in [5.74, 6) is -0.235. The van der Waals surface area contributed by atoms with Gasteiger partial charge in [-0.25, -0.2) is 0 Å². The topological polar surface area (TPSA) is 92.5 Å². The Morgan fingerprint density at radius 1 is 1.21 bits per heavy atom. The first-order chi connectivity index (χ1) is 11.5. The van der Waals surface area contributed by atoms with Crippen LogP contribution in [0.25, 0.3) is 0 Å². The van der Waals surface area contributed by atoms with Crippen molar-refractivity contribution in [1.29, 1.82) is 0 Å². The Morgan fingerprint density at radius 2 is 1.92 bits per heavy atom. The lowest BCUT2D eigenvalue weighted by Crippen LogP contribution is -2.45. The Hall–Kier alpha value is -2.21. The highest BCUT2D eigenvalue weighted by Crippen LogP contribution is 2.19. The van der Waals surface area contributed by atoms with Crippen LogP contribution in [-0.2, 0) is 9.59 Å². The highest BCUT2D eigenvalue weighted by atomic mass is 16.2. The predicted molar refractivity (Wildman–Crippen MR) is 91.4 cm³/mol. The van der Waals surface area contributed by atoms with Crippen molar-refractivity contribution in [2.24, 2.45) is 5.73 Å². The minimum absolute atomic E-state index is 0.0294. The summed E-state index contributed by atoms with van der Waals surface area (Å²) in [6.45, 7) is 2.76. The Morgan fingerprint density at radius 3 is 2.58 bits per heavy atom. The molecule has 6 heteroatoms. The highest BCUT2D eigenvalue weighted by Gasteiger charge is 2.37. The lowest BCUT2D eigenvalue weighted by atomic mass is 10.1. The van der Waals surface area contributed by atoms with E-state index in [4.69, 9.17) is 5.73 Å². The molecule has 6 nitrogen and oxygen atoms in total. The van der Waals surface area contributed by atoms with E-state index in [2.05, 4.69) is 5.32 Å². The number of nitrogens with two attached hydrogens (primary N) is 1. The average Bonchev–Trinajstić information content (AvgIpc) is 2.98. The van der Waals surface area contributed by atoms with Crippen LogP contribution in [-0.4, -0.2) is 47.7 Å². The van der Waals surface area contributed by atoms with Gasteiger partial charge in [-0.15, -0.1) is 0 Å². The number of likely N-dealkylation sites (N-methyl/N-ethyl adjacent to an activating group) is 1. The van der Waals surface area contributed by atoms with Crippen molar-refractivity contribution in [3.8, 4) is 0 Å². The van der Waals surface area contributed by atoms with Crippen molar-refractivity contribution in [2.45, 2.75) is 44.7 Å². The van der Waals surface area contributed by atoms with Crippen molar-refractivity contribution < 1.29 is 14.4 Å². The Kier molecular flexibility index (Phi) is 6.49. The van der Waals surface area contributed by atoms with Crippen LogP contribution in [0.2, 0.25) is 0 Å². The molecule has 1 aliphatic heterocycles. The zero-order valence-electron chi connectivity index (χ0n) is 14.0. The molecule has 1 aliphatic rings. The summed E-state index contributed by atoms with van der Waals surface area (Å²) >= 11 is 0. The van der Waals surface area contributed by atoms with Gasteiger partial charge in [0.2, 0.25) is 11.8 Å². The highest BCUT2D eigenvalue weighted by molar-refractivity contribution is 5.96. The Bertz CT molecular complexity index is 588. The fourth-order valence-corrected chi connectivity index (χ4v) is 3.00. The van der Waals surface area contributed by atoms with E-state index >= 15 is 0 Å². The van der Waals surface area contributed by atoms with E-state index in [1.807, 2.05) is 25.1 Å².